The van der Waals surface area contributed by atoms with Crippen LogP contribution < -0.4 is 0 Å². The molecule has 0 unspecified atom stereocenters. The Balaban J connectivity index is 2.26. The van der Waals surface area contributed by atoms with Gasteiger partial charge in [-0.1, -0.05) is 6.92 Å². The van der Waals surface area contributed by atoms with Gasteiger partial charge in [0.15, 0.2) is 0 Å². The van der Waals surface area contributed by atoms with Gasteiger partial charge in [0.1, 0.15) is 0 Å². The molecule has 0 aromatic carbocycles. The summed E-state index contributed by atoms with van der Waals surface area (Å²) in [6.45, 7) is 7.72. The van der Waals surface area contributed by atoms with Gasteiger partial charge in [-0.15, -0.1) is 0 Å². The smallest absolute Gasteiger partial charge is 0.0655 e. The Bertz CT molecular complexity index is 318. The topological polar surface area (TPSA) is 60.7 Å². The van der Waals surface area contributed by atoms with Crippen LogP contribution in [-0.4, -0.2) is 32.6 Å². The Morgan fingerprint density at radius 1 is 1.11 bits per heavy atom. The third kappa shape index (κ3) is 2.21. The second-order valence-corrected chi connectivity index (χ2v) is 7.60. The van der Waals surface area contributed by atoms with E-state index < -0.39 is 11.2 Å². The molecule has 5 atom stereocenters. The first-order chi connectivity index (χ1) is 8.07. The molecule has 2 aliphatic rings. The lowest BCUT2D eigenvalue weighted by Gasteiger charge is -2.57. The quantitative estimate of drug-likeness (QED) is 0.673. The highest BCUT2D eigenvalue weighted by atomic mass is 16.3. The molecule has 2 fully saturated rings. The van der Waals surface area contributed by atoms with E-state index in [4.69, 9.17) is 0 Å². The van der Waals surface area contributed by atoms with Gasteiger partial charge >= 0.3 is 0 Å². The van der Waals surface area contributed by atoms with Gasteiger partial charge in [-0.25, -0.2) is 0 Å². The minimum Gasteiger partial charge on any atom is -0.393 e. The maximum Gasteiger partial charge on any atom is 0.0655 e. The van der Waals surface area contributed by atoms with Gasteiger partial charge < -0.3 is 15.3 Å². The molecule has 3 nitrogen and oxygen atoms in total. The van der Waals surface area contributed by atoms with Crippen LogP contribution >= 0.6 is 0 Å². The highest BCUT2D eigenvalue weighted by Crippen LogP contribution is 2.56. The highest BCUT2D eigenvalue weighted by Gasteiger charge is 2.56. The molecule has 3 N–H and O–H groups in total. The molecule has 0 saturated heterocycles. The summed E-state index contributed by atoms with van der Waals surface area (Å²) in [5, 5.41) is 31.2. The molecule has 0 aromatic heterocycles. The fraction of sp³-hybridized carbons (Fsp3) is 1.00. The Hall–Kier alpha value is -0.120. The average Bonchev–Trinajstić information content (AvgIpc) is 2.23. The first-order valence-corrected chi connectivity index (χ1v) is 7.20. The van der Waals surface area contributed by atoms with Crippen LogP contribution in [0.5, 0.6) is 0 Å². The minimum absolute atomic E-state index is 0.0823. The van der Waals surface area contributed by atoms with Gasteiger partial charge in [0.25, 0.3) is 0 Å². The van der Waals surface area contributed by atoms with Crippen molar-refractivity contribution in [1.82, 2.24) is 0 Å². The monoisotopic (exact) mass is 256 g/mol. The second-order valence-electron chi connectivity index (χ2n) is 7.60. The van der Waals surface area contributed by atoms with Crippen LogP contribution in [0.25, 0.3) is 0 Å². The van der Waals surface area contributed by atoms with Crippen molar-refractivity contribution in [2.24, 2.45) is 17.3 Å². The Morgan fingerprint density at radius 2 is 1.72 bits per heavy atom. The Labute approximate surface area is 110 Å². The highest BCUT2D eigenvalue weighted by molar-refractivity contribution is 5.06. The van der Waals surface area contributed by atoms with Gasteiger partial charge in [-0.2, -0.15) is 0 Å². The van der Waals surface area contributed by atoms with Gasteiger partial charge in [-0.3, -0.25) is 0 Å². The van der Waals surface area contributed by atoms with Crippen LogP contribution in [0.15, 0.2) is 0 Å². The van der Waals surface area contributed by atoms with Crippen molar-refractivity contribution in [3.05, 3.63) is 0 Å². The third-order valence-electron chi connectivity index (χ3n) is 5.78. The van der Waals surface area contributed by atoms with Gasteiger partial charge in [-0.05, 0) is 70.1 Å². The molecule has 2 aliphatic carbocycles. The number of aliphatic hydroxyl groups is 3. The van der Waals surface area contributed by atoms with E-state index in [1.165, 1.54) is 0 Å². The molecular weight excluding hydrogens is 228 g/mol. The zero-order valence-electron chi connectivity index (χ0n) is 12.1. The molecule has 0 amide bonds. The van der Waals surface area contributed by atoms with Crippen molar-refractivity contribution in [3.8, 4) is 0 Å². The van der Waals surface area contributed by atoms with Crippen LogP contribution in [0.1, 0.15) is 59.8 Å². The summed E-state index contributed by atoms with van der Waals surface area (Å²) in [6, 6.07) is 0. The van der Waals surface area contributed by atoms with Crippen molar-refractivity contribution in [1.29, 1.82) is 0 Å². The first kappa shape index (κ1) is 14.3. The molecule has 0 aliphatic heterocycles. The normalized spacial score (nSPS) is 49.8. The molecule has 3 heteroatoms. The van der Waals surface area contributed by atoms with Crippen LogP contribution in [0.4, 0.5) is 0 Å². The maximum atomic E-state index is 10.6. The van der Waals surface area contributed by atoms with E-state index in [9.17, 15) is 15.3 Å². The number of aliphatic hydroxyl groups excluding tert-OH is 1. The summed E-state index contributed by atoms with van der Waals surface area (Å²) in [5.41, 5.74) is -1.60. The zero-order chi connectivity index (χ0) is 13.8. The first-order valence-electron chi connectivity index (χ1n) is 7.20. The number of hydrogen-bond donors (Lipinski definition) is 3. The zero-order valence-corrected chi connectivity index (χ0v) is 12.1. The lowest BCUT2D eigenvalue weighted by molar-refractivity contribution is -0.186. The van der Waals surface area contributed by atoms with Crippen molar-refractivity contribution < 1.29 is 15.3 Å². The van der Waals surface area contributed by atoms with Crippen LogP contribution in [-0.2, 0) is 0 Å². The number of rotatable bonds is 1. The lowest BCUT2D eigenvalue weighted by atomic mass is 9.51. The lowest BCUT2D eigenvalue weighted by Crippen LogP contribution is -2.58. The molecule has 18 heavy (non-hydrogen) atoms. The molecule has 0 aromatic rings. The summed E-state index contributed by atoms with van der Waals surface area (Å²) >= 11 is 0. The number of fused-ring (bicyclic) bond motifs is 1. The summed E-state index contributed by atoms with van der Waals surface area (Å²) in [5.74, 6) is 0.297. The van der Waals surface area contributed by atoms with Crippen LogP contribution in [0.2, 0.25) is 0 Å². The predicted molar refractivity (Wildman–Crippen MR) is 71.1 cm³/mol. The molecular formula is C15H28O3. The molecule has 0 spiro atoms. The van der Waals surface area contributed by atoms with Crippen LogP contribution in [0.3, 0.4) is 0 Å². The Kier molecular flexibility index (Phi) is 3.33. The average molecular weight is 256 g/mol. The maximum absolute atomic E-state index is 10.6. The molecule has 0 bridgehead atoms. The van der Waals surface area contributed by atoms with E-state index in [-0.39, 0.29) is 23.4 Å². The SMILES string of the molecule is CC(C)(O)[C@@H]1CC[C@@]2(C)[C@H](O)CC[C@@](C)(O)[C@@H]2C1. The van der Waals surface area contributed by atoms with Crippen molar-refractivity contribution in [3.63, 3.8) is 0 Å². The molecule has 2 rings (SSSR count). The van der Waals surface area contributed by atoms with E-state index in [2.05, 4.69) is 6.92 Å². The summed E-state index contributed by atoms with van der Waals surface area (Å²) in [6.07, 6.45) is 3.67. The van der Waals surface area contributed by atoms with Gasteiger partial charge in [0.2, 0.25) is 0 Å². The number of hydrogen-bond acceptors (Lipinski definition) is 3. The van der Waals surface area contributed by atoms with E-state index in [1.807, 2.05) is 20.8 Å². The van der Waals surface area contributed by atoms with Crippen molar-refractivity contribution >= 4 is 0 Å². The second kappa shape index (κ2) is 4.19. The van der Waals surface area contributed by atoms with Crippen molar-refractivity contribution in [2.75, 3.05) is 0 Å². The van der Waals surface area contributed by atoms with E-state index in [1.54, 1.807) is 0 Å². The predicted octanol–water partition coefficient (Wildman–Crippen LogP) is 2.09. The van der Waals surface area contributed by atoms with Gasteiger partial charge in [0.05, 0.1) is 17.3 Å². The van der Waals surface area contributed by atoms with E-state index in [0.717, 1.165) is 19.3 Å². The van der Waals surface area contributed by atoms with Crippen molar-refractivity contribution in [2.45, 2.75) is 77.1 Å². The van der Waals surface area contributed by atoms with E-state index >= 15 is 0 Å². The Morgan fingerprint density at radius 3 is 2.28 bits per heavy atom. The largest absolute Gasteiger partial charge is 0.393 e. The molecule has 0 heterocycles. The van der Waals surface area contributed by atoms with E-state index in [0.29, 0.717) is 12.8 Å². The molecule has 2 saturated carbocycles. The standard InChI is InChI=1S/C15H28O3/c1-13(2,17)10-5-7-14(3)11(9-10)15(4,18)8-6-12(14)16/h10-12,16-18H,5-9H2,1-4H3/t10-,11-,12-,14-,15-/m1/s1. The fourth-order valence-electron chi connectivity index (χ4n) is 4.27. The summed E-state index contributed by atoms with van der Waals surface area (Å²) < 4.78 is 0. The summed E-state index contributed by atoms with van der Waals surface area (Å²) in [4.78, 5) is 0. The fourth-order valence-corrected chi connectivity index (χ4v) is 4.27. The molecule has 106 valence electrons. The van der Waals surface area contributed by atoms with Gasteiger partial charge in [0, 0.05) is 0 Å². The summed E-state index contributed by atoms with van der Waals surface area (Å²) in [7, 11) is 0. The van der Waals surface area contributed by atoms with Crippen LogP contribution in [0, 0.1) is 17.3 Å². The third-order valence-corrected chi connectivity index (χ3v) is 5.78. The molecule has 0 radical (unpaired) electrons. The minimum atomic E-state index is -0.710.